The highest BCUT2D eigenvalue weighted by Crippen LogP contribution is 2.26. The van der Waals surface area contributed by atoms with Crippen LogP contribution in [0.3, 0.4) is 0 Å². The van der Waals surface area contributed by atoms with Crippen LogP contribution in [0.1, 0.15) is 24.0 Å². The average molecular weight is 451 g/mol. The van der Waals surface area contributed by atoms with E-state index in [-0.39, 0.29) is 11.8 Å². The summed E-state index contributed by atoms with van der Waals surface area (Å²) in [4.78, 5) is 12.9. The number of sulfonamides is 1. The van der Waals surface area contributed by atoms with Gasteiger partial charge < -0.3 is 5.32 Å². The predicted molar refractivity (Wildman–Crippen MR) is 110 cm³/mol. The van der Waals surface area contributed by atoms with Gasteiger partial charge in [0.2, 0.25) is 15.9 Å². The lowest BCUT2D eigenvalue weighted by Gasteiger charge is -2.30. The fraction of sp³-hybridized carbons (Fsp3) is 0.350. The second kappa shape index (κ2) is 8.12. The first-order valence-corrected chi connectivity index (χ1v) is 11.1. The van der Waals surface area contributed by atoms with Gasteiger partial charge in [0, 0.05) is 29.2 Å². The van der Waals surface area contributed by atoms with Crippen LogP contribution in [-0.2, 0) is 14.8 Å². The first-order valence-electron chi connectivity index (χ1n) is 8.91. The normalized spacial score (nSPS) is 16.3. The van der Waals surface area contributed by atoms with Crippen molar-refractivity contribution in [2.75, 3.05) is 18.4 Å². The molecule has 0 aromatic heterocycles. The lowest BCUT2D eigenvalue weighted by molar-refractivity contribution is -0.120. The maximum atomic E-state index is 12.8. The van der Waals surface area contributed by atoms with Crippen LogP contribution in [0, 0.1) is 19.8 Å². The molecule has 1 N–H and O–H groups in total. The minimum Gasteiger partial charge on any atom is -0.326 e. The van der Waals surface area contributed by atoms with Crippen molar-refractivity contribution in [3.05, 3.63) is 58.1 Å². The van der Waals surface area contributed by atoms with Gasteiger partial charge in [-0.2, -0.15) is 4.31 Å². The smallest absolute Gasteiger partial charge is 0.243 e. The number of carbonyl (C=O) groups is 1. The molecular weight excluding hydrogens is 428 g/mol. The summed E-state index contributed by atoms with van der Waals surface area (Å²) in [5, 5.41) is 2.98. The van der Waals surface area contributed by atoms with Gasteiger partial charge in [0.1, 0.15) is 0 Å². The van der Waals surface area contributed by atoms with Crippen LogP contribution in [0.15, 0.2) is 51.8 Å². The summed E-state index contributed by atoms with van der Waals surface area (Å²) >= 11 is 3.41. The Morgan fingerprint density at radius 2 is 1.70 bits per heavy atom. The number of hydrogen-bond acceptors (Lipinski definition) is 3. The fourth-order valence-corrected chi connectivity index (χ4v) is 5.01. The molecule has 1 aliphatic heterocycles. The van der Waals surface area contributed by atoms with Gasteiger partial charge in [-0.3, -0.25) is 4.79 Å². The molecule has 1 amide bonds. The summed E-state index contributed by atoms with van der Waals surface area (Å²) in [5.74, 6) is -0.239. The van der Waals surface area contributed by atoms with Gasteiger partial charge in [0.25, 0.3) is 0 Å². The Kier molecular flexibility index (Phi) is 6.03. The highest BCUT2D eigenvalue weighted by atomic mass is 79.9. The lowest BCUT2D eigenvalue weighted by Crippen LogP contribution is -2.41. The Bertz CT molecular complexity index is 934. The first kappa shape index (κ1) is 20.0. The number of nitrogens with one attached hydrogen (secondary N) is 1. The van der Waals surface area contributed by atoms with Crippen LogP contribution in [-0.4, -0.2) is 31.7 Å². The van der Waals surface area contributed by atoms with Crippen LogP contribution in [0.4, 0.5) is 5.69 Å². The Balaban J connectivity index is 1.63. The molecule has 7 heteroatoms. The first-order chi connectivity index (χ1) is 12.8. The van der Waals surface area contributed by atoms with Gasteiger partial charge in [-0.05, 0) is 56.5 Å². The van der Waals surface area contributed by atoms with Crippen LogP contribution < -0.4 is 5.32 Å². The van der Waals surface area contributed by atoms with Crippen molar-refractivity contribution in [3.8, 4) is 0 Å². The molecule has 3 rings (SSSR count). The number of halogens is 1. The molecule has 1 fully saturated rings. The summed E-state index contributed by atoms with van der Waals surface area (Å²) < 4.78 is 27.9. The van der Waals surface area contributed by atoms with Crippen molar-refractivity contribution in [1.82, 2.24) is 4.31 Å². The van der Waals surface area contributed by atoms with E-state index in [4.69, 9.17) is 0 Å². The summed E-state index contributed by atoms with van der Waals surface area (Å²) in [6.07, 6.45) is 1.04. The van der Waals surface area contributed by atoms with Crippen LogP contribution in [0.2, 0.25) is 0 Å². The van der Waals surface area contributed by atoms with Crippen LogP contribution in [0.5, 0.6) is 0 Å². The molecular formula is C20H23BrN2O3S. The average Bonchev–Trinajstić information content (AvgIpc) is 2.65. The Morgan fingerprint density at radius 3 is 2.33 bits per heavy atom. The van der Waals surface area contributed by atoms with E-state index in [0.717, 1.165) is 21.3 Å². The number of benzene rings is 2. The van der Waals surface area contributed by atoms with Crippen molar-refractivity contribution in [1.29, 1.82) is 0 Å². The molecule has 1 heterocycles. The largest absolute Gasteiger partial charge is 0.326 e. The summed E-state index contributed by atoms with van der Waals surface area (Å²) in [6.45, 7) is 4.57. The number of amides is 1. The van der Waals surface area contributed by atoms with E-state index in [1.807, 2.05) is 32.0 Å². The molecule has 2 aromatic carbocycles. The number of anilines is 1. The van der Waals surface area contributed by atoms with E-state index in [9.17, 15) is 13.2 Å². The van der Waals surface area contributed by atoms with Crippen molar-refractivity contribution < 1.29 is 13.2 Å². The zero-order chi connectivity index (χ0) is 19.6. The predicted octanol–water partition coefficient (Wildman–Crippen LogP) is 4.11. The SMILES string of the molecule is Cc1ccc(S(=O)(=O)N2CCC(C(=O)Nc3cc(Br)ccc3C)CC2)cc1. The van der Waals surface area contributed by atoms with E-state index < -0.39 is 10.0 Å². The van der Waals surface area contributed by atoms with E-state index in [2.05, 4.69) is 21.2 Å². The Hall–Kier alpha value is -1.70. The van der Waals surface area contributed by atoms with Crippen molar-refractivity contribution in [2.45, 2.75) is 31.6 Å². The van der Waals surface area contributed by atoms with Gasteiger partial charge in [-0.15, -0.1) is 0 Å². The van der Waals surface area contributed by atoms with Crippen LogP contribution >= 0.6 is 15.9 Å². The molecule has 1 aliphatic rings. The second-order valence-electron chi connectivity index (χ2n) is 6.94. The zero-order valence-electron chi connectivity index (χ0n) is 15.4. The van der Waals surface area contributed by atoms with Crippen molar-refractivity contribution in [2.24, 2.45) is 5.92 Å². The molecule has 0 aliphatic carbocycles. The van der Waals surface area contributed by atoms with Gasteiger partial charge in [0.15, 0.2) is 0 Å². The minimum atomic E-state index is -3.50. The topological polar surface area (TPSA) is 66.5 Å². The minimum absolute atomic E-state index is 0.0522. The third-order valence-electron chi connectivity index (χ3n) is 4.94. The molecule has 0 saturated carbocycles. The number of hydrogen-bond donors (Lipinski definition) is 1. The molecule has 0 bridgehead atoms. The van der Waals surface area contributed by atoms with E-state index in [1.54, 1.807) is 24.3 Å². The summed E-state index contributed by atoms with van der Waals surface area (Å²) in [6, 6.07) is 12.6. The van der Waals surface area contributed by atoms with Gasteiger partial charge >= 0.3 is 0 Å². The molecule has 5 nitrogen and oxygen atoms in total. The molecule has 0 spiro atoms. The van der Waals surface area contributed by atoms with Crippen molar-refractivity contribution in [3.63, 3.8) is 0 Å². The lowest BCUT2D eigenvalue weighted by atomic mass is 9.97. The number of aryl methyl sites for hydroxylation is 2. The quantitative estimate of drug-likeness (QED) is 0.761. The number of piperidine rings is 1. The van der Waals surface area contributed by atoms with Crippen LogP contribution in [0.25, 0.3) is 0 Å². The molecule has 0 radical (unpaired) electrons. The Labute approximate surface area is 169 Å². The third kappa shape index (κ3) is 4.59. The molecule has 0 atom stereocenters. The van der Waals surface area contributed by atoms with Gasteiger partial charge in [-0.1, -0.05) is 39.7 Å². The van der Waals surface area contributed by atoms with Gasteiger partial charge in [0.05, 0.1) is 4.90 Å². The Morgan fingerprint density at radius 1 is 1.07 bits per heavy atom. The number of rotatable bonds is 4. The van der Waals surface area contributed by atoms with E-state index in [0.29, 0.717) is 30.8 Å². The van der Waals surface area contributed by atoms with E-state index in [1.165, 1.54) is 4.31 Å². The summed E-state index contributed by atoms with van der Waals surface area (Å²) in [5.41, 5.74) is 2.79. The van der Waals surface area contributed by atoms with Crippen molar-refractivity contribution >= 4 is 37.5 Å². The molecule has 0 unspecified atom stereocenters. The maximum Gasteiger partial charge on any atom is 0.243 e. The highest BCUT2D eigenvalue weighted by molar-refractivity contribution is 9.10. The van der Waals surface area contributed by atoms with Gasteiger partial charge in [-0.25, -0.2) is 8.42 Å². The standard InChI is InChI=1S/C20H23BrN2O3S/c1-14-3-7-18(8-4-14)27(25,26)23-11-9-16(10-12-23)20(24)22-19-13-17(21)6-5-15(19)2/h3-8,13,16H,9-12H2,1-2H3,(H,22,24). The number of nitrogens with zero attached hydrogens (tertiary/aromatic N) is 1. The van der Waals surface area contributed by atoms with E-state index >= 15 is 0 Å². The maximum absolute atomic E-state index is 12.8. The number of carbonyl (C=O) groups excluding carboxylic acids is 1. The molecule has 144 valence electrons. The monoisotopic (exact) mass is 450 g/mol. The third-order valence-corrected chi connectivity index (χ3v) is 7.35. The second-order valence-corrected chi connectivity index (χ2v) is 9.79. The molecule has 1 saturated heterocycles. The molecule has 27 heavy (non-hydrogen) atoms. The summed E-state index contributed by atoms with van der Waals surface area (Å²) in [7, 11) is -3.50. The zero-order valence-corrected chi connectivity index (χ0v) is 17.8. The highest BCUT2D eigenvalue weighted by Gasteiger charge is 2.32. The fourth-order valence-electron chi connectivity index (χ4n) is 3.18. The molecule has 2 aromatic rings.